The molecule has 1 aromatic rings. The molecule has 16 heavy (non-hydrogen) atoms. The molecule has 0 fully saturated rings. The van der Waals surface area contributed by atoms with Crippen molar-refractivity contribution in [1.29, 1.82) is 0 Å². The summed E-state index contributed by atoms with van der Waals surface area (Å²) in [6, 6.07) is 1.38. The number of carbonyl (C=O) groups excluding carboxylic acids is 1. The van der Waals surface area contributed by atoms with Crippen molar-refractivity contribution in [3.8, 4) is 0 Å². The maximum absolute atomic E-state index is 12.4. The van der Waals surface area contributed by atoms with Crippen LogP contribution in [0.15, 0.2) is 12.1 Å². The van der Waals surface area contributed by atoms with E-state index in [0.717, 1.165) is 0 Å². The third-order valence-corrected chi connectivity index (χ3v) is 3.09. The van der Waals surface area contributed by atoms with Gasteiger partial charge in [-0.3, -0.25) is 4.79 Å². The minimum Gasteiger partial charge on any atom is -0.293 e. The second-order valence-electron chi connectivity index (χ2n) is 2.87. The summed E-state index contributed by atoms with van der Waals surface area (Å²) in [5, 5.41) is -0.579. The van der Waals surface area contributed by atoms with Gasteiger partial charge >= 0.3 is 6.18 Å². The summed E-state index contributed by atoms with van der Waals surface area (Å²) in [7, 11) is 0. The number of halogens is 6. The molecule has 0 heterocycles. The van der Waals surface area contributed by atoms with E-state index in [1.807, 2.05) is 0 Å². The van der Waals surface area contributed by atoms with E-state index in [2.05, 4.69) is 15.9 Å². The third kappa shape index (κ3) is 2.90. The number of benzene rings is 1. The average molecular weight is 336 g/mol. The number of hydrogen-bond donors (Lipinski definition) is 0. The fraction of sp³-hybridized carbons (Fsp3) is 0.222. The topological polar surface area (TPSA) is 17.1 Å². The first-order chi connectivity index (χ1) is 7.27. The Morgan fingerprint density at radius 2 is 1.88 bits per heavy atom. The van der Waals surface area contributed by atoms with Gasteiger partial charge in [-0.05, 0) is 12.1 Å². The Labute approximate surface area is 108 Å². The summed E-state index contributed by atoms with van der Waals surface area (Å²) in [6.45, 7) is 0. The van der Waals surface area contributed by atoms with Crippen LogP contribution >= 0.6 is 39.1 Å². The van der Waals surface area contributed by atoms with E-state index >= 15 is 0 Å². The third-order valence-electron chi connectivity index (χ3n) is 1.78. The van der Waals surface area contributed by atoms with Gasteiger partial charge in [-0.15, -0.1) is 0 Å². The van der Waals surface area contributed by atoms with E-state index in [-0.39, 0.29) is 20.9 Å². The van der Waals surface area contributed by atoms with Crippen molar-refractivity contribution in [3.05, 3.63) is 33.3 Å². The minimum absolute atomic E-state index is 0.121. The van der Waals surface area contributed by atoms with Crippen LogP contribution < -0.4 is 0 Å². The van der Waals surface area contributed by atoms with Crippen LogP contribution in [0, 0.1) is 0 Å². The van der Waals surface area contributed by atoms with Crippen LogP contribution in [0.25, 0.3) is 0 Å². The number of alkyl halides is 4. The largest absolute Gasteiger partial charge is 0.416 e. The van der Waals surface area contributed by atoms with Gasteiger partial charge in [0.1, 0.15) is 0 Å². The smallest absolute Gasteiger partial charge is 0.293 e. The monoisotopic (exact) mass is 334 g/mol. The zero-order chi connectivity index (χ0) is 12.5. The molecule has 0 aliphatic carbocycles. The number of Topliss-reactive ketones (excluding diaryl/α,β-unsaturated/α-hetero) is 1. The van der Waals surface area contributed by atoms with Gasteiger partial charge in [0, 0.05) is 5.56 Å². The molecule has 0 atom stereocenters. The van der Waals surface area contributed by atoms with Crippen molar-refractivity contribution in [2.24, 2.45) is 0 Å². The van der Waals surface area contributed by atoms with Crippen molar-refractivity contribution in [1.82, 2.24) is 0 Å². The molecule has 0 aromatic heterocycles. The van der Waals surface area contributed by atoms with E-state index < -0.39 is 17.5 Å². The summed E-state index contributed by atoms with van der Waals surface area (Å²) in [5.74, 6) is -0.557. The molecule has 0 unspecified atom stereocenters. The van der Waals surface area contributed by atoms with Gasteiger partial charge in [0.2, 0.25) is 0 Å². The highest BCUT2D eigenvalue weighted by Gasteiger charge is 2.32. The summed E-state index contributed by atoms with van der Waals surface area (Å²) in [4.78, 5) is 11.3. The Morgan fingerprint density at radius 1 is 1.31 bits per heavy atom. The van der Waals surface area contributed by atoms with Gasteiger partial charge < -0.3 is 0 Å². The van der Waals surface area contributed by atoms with E-state index in [9.17, 15) is 18.0 Å². The molecule has 1 rings (SSSR count). The highest BCUT2D eigenvalue weighted by molar-refractivity contribution is 9.09. The van der Waals surface area contributed by atoms with E-state index in [1.165, 1.54) is 0 Å². The summed E-state index contributed by atoms with van der Waals surface area (Å²) >= 11 is 14.0. The molecule has 1 nitrogen and oxygen atoms in total. The van der Waals surface area contributed by atoms with Crippen molar-refractivity contribution in [2.75, 3.05) is 5.33 Å². The van der Waals surface area contributed by atoms with Crippen LogP contribution in [0.5, 0.6) is 0 Å². The second kappa shape index (κ2) is 4.94. The molecule has 0 saturated heterocycles. The fourth-order valence-electron chi connectivity index (χ4n) is 1.03. The van der Waals surface area contributed by atoms with Crippen LogP contribution in [-0.2, 0) is 6.18 Å². The molecule has 0 radical (unpaired) electrons. The van der Waals surface area contributed by atoms with E-state index in [4.69, 9.17) is 23.2 Å². The quantitative estimate of drug-likeness (QED) is 0.570. The zero-order valence-electron chi connectivity index (χ0n) is 7.54. The Bertz CT molecular complexity index is 431. The Balaban J connectivity index is 3.39. The molecule has 88 valence electrons. The van der Waals surface area contributed by atoms with Crippen molar-refractivity contribution < 1.29 is 18.0 Å². The van der Waals surface area contributed by atoms with Crippen LogP contribution in [-0.4, -0.2) is 11.1 Å². The van der Waals surface area contributed by atoms with Gasteiger partial charge in [-0.25, -0.2) is 0 Å². The lowest BCUT2D eigenvalue weighted by Crippen LogP contribution is -2.09. The van der Waals surface area contributed by atoms with Crippen LogP contribution in [0.2, 0.25) is 10.0 Å². The summed E-state index contributed by atoms with van der Waals surface area (Å²) < 4.78 is 37.3. The predicted octanol–water partition coefficient (Wildman–Crippen LogP) is 4.59. The molecule has 0 spiro atoms. The van der Waals surface area contributed by atoms with Gasteiger partial charge in [0.25, 0.3) is 0 Å². The standard InChI is InChI=1S/C9H4BrCl2F3O/c10-3-7(16)5-1-4(9(13,14)15)2-6(11)8(5)12/h1-2H,3H2. The number of hydrogen-bond acceptors (Lipinski definition) is 1. The van der Waals surface area contributed by atoms with E-state index in [1.54, 1.807) is 0 Å². The number of carbonyl (C=O) groups is 1. The lowest BCUT2D eigenvalue weighted by Gasteiger charge is -2.10. The van der Waals surface area contributed by atoms with Gasteiger partial charge in [-0.2, -0.15) is 13.2 Å². The predicted molar refractivity (Wildman–Crippen MR) is 59.6 cm³/mol. The van der Waals surface area contributed by atoms with Gasteiger partial charge in [0.05, 0.1) is 20.9 Å². The number of ketones is 1. The SMILES string of the molecule is O=C(CBr)c1cc(C(F)(F)F)cc(Cl)c1Cl. The first-order valence-corrected chi connectivity index (χ1v) is 5.80. The maximum atomic E-state index is 12.4. The lowest BCUT2D eigenvalue weighted by molar-refractivity contribution is -0.137. The summed E-state index contributed by atoms with van der Waals surface area (Å²) in [6.07, 6.45) is -4.56. The molecule has 0 bridgehead atoms. The maximum Gasteiger partial charge on any atom is 0.416 e. The molecular weight excluding hydrogens is 332 g/mol. The molecule has 0 aliphatic heterocycles. The first-order valence-electron chi connectivity index (χ1n) is 3.92. The highest BCUT2D eigenvalue weighted by atomic mass is 79.9. The molecule has 0 aliphatic rings. The van der Waals surface area contributed by atoms with Gasteiger partial charge in [-0.1, -0.05) is 39.1 Å². The molecule has 7 heteroatoms. The fourth-order valence-corrected chi connectivity index (χ4v) is 1.76. The van der Waals surface area contributed by atoms with Crippen LogP contribution in [0.1, 0.15) is 15.9 Å². The normalized spacial score (nSPS) is 11.6. The summed E-state index contributed by atoms with van der Waals surface area (Å²) in [5.41, 5.74) is -1.23. The minimum atomic E-state index is -4.56. The Kier molecular flexibility index (Phi) is 4.26. The van der Waals surface area contributed by atoms with Crippen LogP contribution in [0.3, 0.4) is 0 Å². The molecular formula is C9H4BrCl2F3O. The van der Waals surface area contributed by atoms with Crippen molar-refractivity contribution >= 4 is 44.9 Å². The Morgan fingerprint density at radius 3 is 2.31 bits per heavy atom. The van der Waals surface area contributed by atoms with Crippen molar-refractivity contribution in [2.45, 2.75) is 6.18 Å². The molecule has 0 amide bonds. The Hall–Kier alpha value is -0.260. The molecule has 0 saturated carbocycles. The zero-order valence-corrected chi connectivity index (χ0v) is 10.6. The number of rotatable bonds is 2. The lowest BCUT2D eigenvalue weighted by atomic mass is 10.1. The first kappa shape index (κ1) is 13.8. The average Bonchev–Trinajstić information content (AvgIpc) is 2.19. The van der Waals surface area contributed by atoms with E-state index in [0.29, 0.717) is 12.1 Å². The second-order valence-corrected chi connectivity index (χ2v) is 4.22. The highest BCUT2D eigenvalue weighted by Crippen LogP contribution is 2.36. The van der Waals surface area contributed by atoms with Gasteiger partial charge in [0.15, 0.2) is 5.78 Å². The molecule has 1 aromatic carbocycles. The van der Waals surface area contributed by atoms with Crippen molar-refractivity contribution in [3.63, 3.8) is 0 Å². The molecule has 0 N–H and O–H groups in total. The van der Waals surface area contributed by atoms with Crippen LogP contribution in [0.4, 0.5) is 13.2 Å².